The Bertz CT molecular complexity index is 1550. The highest BCUT2D eigenvalue weighted by Gasteiger charge is 2.54. The quantitative estimate of drug-likeness (QED) is 0.272. The number of ether oxygens (including phenoxy) is 2. The number of nitrogens with one attached hydrogen (secondary N) is 1. The molecular weight excluding hydrogens is 613 g/mol. The van der Waals surface area contributed by atoms with Crippen LogP contribution in [0.5, 0.6) is 17.2 Å². The smallest absolute Gasteiger partial charge is 0.352 e. The molecule has 0 aromatic heterocycles. The van der Waals surface area contributed by atoms with E-state index in [0.717, 1.165) is 4.90 Å². The van der Waals surface area contributed by atoms with Crippen LogP contribution in [-0.2, 0) is 14.4 Å². The molecule has 2 amide bonds. The van der Waals surface area contributed by atoms with E-state index in [2.05, 4.69) is 5.32 Å². The molecule has 5 rings (SSSR count). The fraction of sp³-hybridized carbons (Fsp3) is 0.179. The summed E-state index contributed by atoms with van der Waals surface area (Å²) >= 11 is 19.7. The van der Waals surface area contributed by atoms with Gasteiger partial charge in [0.2, 0.25) is 5.91 Å². The van der Waals surface area contributed by atoms with E-state index in [0.29, 0.717) is 26.9 Å². The zero-order valence-electron chi connectivity index (χ0n) is 21.1. The van der Waals surface area contributed by atoms with Gasteiger partial charge in [-0.1, -0.05) is 65.1 Å². The average Bonchev–Trinajstić information content (AvgIpc) is 2.96. The maximum atomic E-state index is 13.0. The van der Waals surface area contributed by atoms with Crippen LogP contribution in [0.4, 0.5) is 0 Å². The molecule has 1 fully saturated rings. The molecule has 1 saturated heterocycles. The number of halogens is 3. The number of β-lactam (4-membered cyclic amide) rings is 1. The van der Waals surface area contributed by atoms with Crippen molar-refractivity contribution in [2.24, 2.45) is 5.73 Å². The third-order valence-corrected chi connectivity index (χ3v) is 8.52. The van der Waals surface area contributed by atoms with Crippen LogP contribution in [0.15, 0.2) is 78.0 Å². The van der Waals surface area contributed by atoms with Crippen LogP contribution in [0, 0.1) is 0 Å². The predicted octanol–water partition coefficient (Wildman–Crippen LogP) is 5.26. The van der Waals surface area contributed by atoms with Crippen molar-refractivity contribution in [2.75, 3.05) is 12.4 Å². The Labute approximate surface area is 254 Å². The number of amides is 2. The molecule has 212 valence electrons. The van der Waals surface area contributed by atoms with Crippen molar-refractivity contribution < 1.29 is 29.0 Å². The van der Waals surface area contributed by atoms with Gasteiger partial charge in [-0.2, -0.15) is 0 Å². The Kier molecular flexibility index (Phi) is 8.67. The lowest BCUT2D eigenvalue weighted by Gasteiger charge is -2.49. The summed E-state index contributed by atoms with van der Waals surface area (Å²) in [4.78, 5) is 39.2. The number of rotatable bonds is 9. The minimum absolute atomic E-state index is 0.161. The van der Waals surface area contributed by atoms with Crippen LogP contribution in [0.2, 0.25) is 15.1 Å². The molecule has 9 nitrogen and oxygen atoms in total. The number of thioether (sulfide) groups is 1. The van der Waals surface area contributed by atoms with Crippen LogP contribution in [0.25, 0.3) is 0 Å². The van der Waals surface area contributed by atoms with Gasteiger partial charge in [0.15, 0.2) is 11.5 Å². The second-order valence-electron chi connectivity index (χ2n) is 9.10. The standard InChI is InChI=1S/C28H22Cl3N3O6S/c29-16-6-8-19(18(31)10-16)40-20-9-7-17(30)11-21(20)39-12-15-13-41-27-23(26(36)34(27)24(15)28(37)38)33-25(35)22(32)14-4-2-1-3-5-14/h1-11,22-23,27H,12-13,32H2,(H,33,35)(H,37,38)/t22-,23-,27-/m1/s1. The van der Waals surface area contributed by atoms with Crippen molar-refractivity contribution in [3.8, 4) is 17.2 Å². The Morgan fingerprint density at radius 2 is 1.71 bits per heavy atom. The Morgan fingerprint density at radius 1 is 1.02 bits per heavy atom. The summed E-state index contributed by atoms with van der Waals surface area (Å²) in [6.45, 7) is -0.161. The second-order valence-corrected chi connectivity index (χ2v) is 11.5. The lowest BCUT2D eigenvalue weighted by Crippen LogP contribution is -2.71. The van der Waals surface area contributed by atoms with Crippen LogP contribution < -0.4 is 20.5 Å². The normalized spacial score (nSPS) is 18.7. The Hall–Kier alpha value is -3.41. The number of nitrogens with two attached hydrogens (primary N) is 1. The zero-order chi connectivity index (χ0) is 29.3. The fourth-order valence-electron chi connectivity index (χ4n) is 4.37. The maximum absolute atomic E-state index is 13.0. The molecule has 41 heavy (non-hydrogen) atoms. The van der Waals surface area contributed by atoms with Crippen LogP contribution in [0.1, 0.15) is 11.6 Å². The fourth-order valence-corrected chi connectivity index (χ4v) is 6.31. The molecule has 3 aromatic carbocycles. The number of carboxylic acids is 1. The molecule has 2 aliphatic heterocycles. The summed E-state index contributed by atoms with van der Waals surface area (Å²) in [5.74, 6) is -1.27. The average molecular weight is 635 g/mol. The van der Waals surface area contributed by atoms with E-state index in [1.807, 2.05) is 0 Å². The largest absolute Gasteiger partial charge is 0.485 e. The number of hydrogen-bond donors (Lipinski definition) is 3. The first-order chi connectivity index (χ1) is 19.6. The van der Waals surface area contributed by atoms with Crippen molar-refractivity contribution in [1.82, 2.24) is 10.2 Å². The van der Waals surface area contributed by atoms with E-state index < -0.39 is 35.2 Å². The Morgan fingerprint density at radius 3 is 2.39 bits per heavy atom. The number of benzene rings is 3. The third kappa shape index (κ3) is 6.12. The van der Waals surface area contributed by atoms with Crippen molar-refractivity contribution in [1.29, 1.82) is 0 Å². The number of carbonyl (C=O) groups excluding carboxylic acids is 2. The molecule has 0 bridgehead atoms. The summed E-state index contributed by atoms with van der Waals surface area (Å²) < 4.78 is 11.9. The molecule has 4 N–H and O–H groups in total. The highest BCUT2D eigenvalue weighted by atomic mass is 35.5. The lowest BCUT2D eigenvalue weighted by atomic mass is 10.0. The first-order valence-electron chi connectivity index (χ1n) is 12.2. The number of aliphatic carboxylic acids is 1. The molecule has 3 aromatic rings. The summed E-state index contributed by atoms with van der Waals surface area (Å²) in [5, 5.41) is 13.2. The van der Waals surface area contributed by atoms with Crippen molar-refractivity contribution >= 4 is 64.3 Å². The second kappa shape index (κ2) is 12.2. The van der Waals surface area contributed by atoms with Gasteiger partial charge in [0.1, 0.15) is 35.5 Å². The number of carboxylic acid groups (broad SMARTS) is 1. The van der Waals surface area contributed by atoms with Gasteiger partial charge in [0.05, 0.1) is 5.02 Å². The van der Waals surface area contributed by atoms with E-state index in [9.17, 15) is 19.5 Å². The van der Waals surface area contributed by atoms with Gasteiger partial charge in [-0.3, -0.25) is 14.5 Å². The number of carbonyl (C=O) groups is 3. The molecule has 0 saturated carbocycles. The van der Waals surface area contributed by atoms with E-state index in [1.165, 1.54) is 23.9 Å². The Balaban J connectivity index is 1.31. The summed E-state index contributed by atoms with van der Waals surface area (Å²) in [5.41, 5.74) is 6.83. The molecular formula is C28H22Cl3N3O6S. The van der Waals surface area contributed by atoms with Crippen molar-refractivity contribution in [3.63, 3.8) is 0 Å². The van der Waals surface area contributed by atoms with E-state index in [-0.39, 0.29) is 34.6 Å². The van der Waals surface area contributed by atoms with Gasteiger partial charge >= 0.3 is 5.97 Å². The van der Waals surface area contributed by atoms with Gasteiger partial charge in [0.25, 0.3) is 5.91 Å². The van der Waals surface area contributed by atoms with Gasteiger partial charge in [-0.05, 0) is 35.9 Å². The zero-order valence-corrected chi connectivity index (χ0v) is 24.1. The minimum Gasteiger partial charge on any atom is -0.485 e. The van der Waals surface area contributed by atoms with Gasteiger partial charge in [0, 0.05) is 27.4 Å². The molecule has 0 radical (unpaired) electrons. The first kappa shape index (κ1) is 29.1. The van der Waals surface area contributed by atoms with Gasteiger partial charge in [-0.15, -0.1) is 11.8 Å². The number of nitrogens with zero attached hydrogens (tertiary/aromatic N) is 1. The molecule has 0 spiro atoms. The number of fused-ring (bicyclic) bond motifs is 1. The van der Waals surface area contributed by atoms with E-state index in [4.69, 9.17) is 50.0 Å². The molecule has 3 atom stereocenters. The SMILES string of the molecule is N[C@@H](C(=O)N[C@@H]1C(=O)N2C(C(=O)O)=C(COc3cc(Cl)ccc3Oc3ccc(Cl)cc3Cl)CS[C@H]12)c1ccccc1. The molecule has 0 unspecified atom stereocenters. The first-order valence-corrected chi connectivity index (χ1v) is 14.4. The summed E-state index contributed by atoms with van der Waals surface area (Å²) in [7, 11) is 0. The summed E-state index contributed by atoms with van der Waals surface area (Å²) in [6.07, 6.45) is 0. The van der Waals surface area contributed by atoms with Crippen LogP contribution in [0.3, 0.4) is 0 Å². The summed E-state index contributed by atoms with van der Waals surface area (Å²) in [6, 6.07) is 16.3. The molecule has 2 heterocycles. The van der Waals surface area contributed by atoms with Crippen LogP contribution >= 0.6 is 46.6 Å². The van der Waals surface area contributed by atoms with Crippen molar-refractivity contribution in [3.05, 3.63) is 98.6 Å². The predicted molar refractivity (Wildman–Crippen MR) is 157 cm³/mol. The van der Waals surface area contributed by atoms with Crippen LogP contribution in [-0.4, -0.2) is 51.6 Å². The highest BCUT2D eigenvalue weighted by Crippen LogP contribution is 2.42. The lowest BCUT2D eigenvalue weighted by molar-refractivity contribution is -0.151. The maximum Gasteiger partial charge on any atom is 0.352 e. The monoisotopic (exact) mass is 633 g/mol. The minimum atomic E-state index is -1.29. The highest BCUT2D eigenvalue weighted by molar-refractivity contribution is 8.00. The number of hydrogen-bond acceptors (Lipinski definition) is 7. The molecule has 2 aliphatic rings. The van der Waals surface area contributed by atoms with Crippen molar-refractivity contribution in [2.45, 2.75) is 17.5 Å². The third-order valence-electron chi connectivity index (χ3n) is 6.41. The van der Waals surface area contributed by atoms with E-state index >= 15 is 0 Å². The molecule has 0 aliphatic carbocycles. The topological polar surface area (TPSA) is 131 Å². The molecule has 13 heteroatoms. The van der Waals surface area contributed by atoms with Gasteiger partial charge in [-0.25, -0.2) is 4.79 Å². The van der Waals surface area contributed by atoms with E-state index in [1.54, 1.807) is 54.6 Å². The van der Waals surface area contributed by atoms with Gasteiger partial charge < -0.3 is 25.6 Å².